The van der Waals surface area contributed by atoms with E-state index in [1.807, 2.05) is 18.2 Å². The van der Waals surface area contributed by atoms with Gasteiger partial charge in [0.25, 0.3) is 0 Å². The number of amides is 1. The Morgan fingerprint density at radius 3 is 2.44 bits per heavy atom. The summed E-state index contributed by atoms with van der Waals surface area (Å²) in [5, 5.41) is 3.10. The summed E-state index contributed by atoms with van der Waals surface area (Å²) in [5.74, 6) is 1.31. The van der Waals surface area contributed by atoms with E-state index in [0.29, 0.717) is 5.92 Å². The molecular weight excluding hydrogens is 361 g/mol. The van der Waals surface area contributed by atoms with Gasteiger partial charge in [0.05, 0.1) is 18.8 Å². The van der Waals surface area contributed by atoms with Crippen LogP contribution in [0.1, 0.15) is 33.1 Å². The van der Waals surface area contributed by atoms with Crippen molar-refractivity contribution in [1.82, 2.24) is 5.32 Å². The first kappa shape index (κ1) is 23.8. The van der Waals surface area contributed by atoms with Gasteiger partial charge in [-0.2, -0.15) is 0 Å². The summed E-state index contributed by atoms with van der Waals surface area (Å²) in [4.78, 5) is 14.4. The van der Waals surface area contributed by atoms with Gasteiger partial charge in [-0.25, -0.2) is 0 Å². The third kappa shape index (κ3) is 6.92. The summed E-state index contributed by atoms with van der Waals surface area (Å²) >= 11 is 0. The van der Waals surface area contributed by atoms with Crippen molar-refractivity contribution in [2.45, 2.75) is 45.2 Å². The number of rotatable bonds is 6. The zero-order chi connectivity index (χ0) is 16.8. The number of ether oxygens (including phenoxy) is 1. The van der Waals surface area contributed by atoms with Gasteiger partial charge in [0.1, 0.15) is 5.75 Å². The fraction of sp³-hybridized carbons (Fsp3) is 0.611. The number of benzene rings is 1. The standard InChI is InChI=1S/C18H29N3O2.2ClH/c1-13(2)12-15(19)18(22)20-14-8-10-21(11-9-14)16-6-4-5-7-17(16)23-3;;/h4-7,13-15H,8-12,19H2,1-3H3,(H,20,22);2*1H/t15-;;/m0../s1. The number of nitrogens with two attached hydrogens (primary N) is 1. The van der Waals surface area contributed by atoms with Crippen molar-refractivity contribution < 1.29 is 9.53 Å². The number of nitrogens with one attached hydrogen (secondary N) is 1. The highest BCUT2D eigenvalue weighted by atomic mass is 35.5. The molecule has 0 aromatic heterocycles. The van der Waals surface area contributed by atoms with Crippen LogP contribution in [0.5, 0.6) is 5.75 Å². The van der Waals surface area contributed by atoms with Crippen molar-refractivity contribution in [2.24, 2.45) is 11.7 Å². The molecule has 1 aliphatic rings. The number of para-hydroxylation sites is 2. The molecule has 5 nitrogen and oxygen atoms in total. The highest BCUT2D eigenvalue weighted by molar-refractivity contribution is 5.85. The van der Waals surface area contributed by atoms with Gasteiger partial charge in [0, 0.05) is 19.1 Å². The Labute approximate surface area is 163 Å². The SMILES string of the molecule is COc1ccccc1N1CCC(NC(=O)[C@@H](N)CC(C)C)CC1.Cl.Cl. The van der Waals surface area contributed by atoms with E-state index in [1.54, 1.807) is 7.11 Å². The number of hydrogen-bond acceptors (Lipinski definition) is 4. The highest BCUT2D eigenvalue weighted by Gasteiger charge is 2.24. The van der Waals surface area contributed by atoms with Crippen LogP contribution in [0, 0.1) is 5.92 Å². The third-order valence-electron chi connectivity index (χ3n) is 4.33. The predicted octanol–water partition coefficient (Wildman–Crippen LogP) is 3.00. The first-order chi connectivity index (χ1) is 11.0. The van der Waals surface area contributed by atoms with Crippen LogP contribution in [-0.2, 0) is 4.79 Å². The van der Waals surface area contributed by atoms with Crippen LogP contribution < -0.4 is 20.7 Å². The van der Waals surface area contributed by atoms with Crippen molar-refractivity contribution in [1.29, 1.82) is 0 Å². The Morgan fingerprint density at radius 1 is 1.28 bits per heavy atom. The topological polar surface area (TPSA) is 67.6 Å². The smallest absolute Gasteiger partial charge is 0.237 e. The number of anilines is 1. The molecule has 3 N–H and O–H groups in total. The lowest BCUT2D eigenvalue weighted by molar-refractivity contribution is -0.123. The minimum absolute atomic E-state index is 0. The molecule has 1 aromatic rings. The maximum atomic E-state index is 12.1. The molecule has 0 saturated carbocycles. The van der Waals surface area contributed by atoms with Gasteiger partial charge in [0.2, 0.25) is 5.91 Å². The average Bonchev–Trinajstić information content (AvgIpc) is 2.55. The maximum Gasteiger partial charge on any atom is 0.237 e. The molecule has 0 unspecified atom stereocenters. The Hall–Kier alpha value is -1.17. The minimum Gasteiger partial charge on any atom is -0.495 e. The van der Waals surface area contributed by atoms with Crippen LogP contribution in [0.25, 0.3) is 0 Å². The number of carbonyl (C=O) groups excluding carboxylic acids is 1. The molecule has 1 fully saturated rings. The Morgan fingerprint density at radius 2 is 1.88 bits per heavy atom. The van der Waals surface area contributed by atoms with Crippen LogP contribution in [0.3, 0.4) is 0 Å². The molecular formula is C18H31Cl2N3O2. The summed E-state index contributed by atoms with van der Waals surface area (Å²) in [7, 11) is 1.70. The first-order valence-corrected chi connectivity index (χ1v) is 8.45. The van der Waals surface area contributed by atoms with Crippen LogP contribution >= 0.6 is 24.8 Å². The van der Waals surface area contributed by atoms with E-state index in [2.05, 4.69) is 30.1 Å². The van der Waals surface area contributed by atoms with Gasteiger partial charge in [-0.3, -0.25) is 4.79 Å². The summed E-state index contributed by atoms with van der Waals surface area (Å²) in [6, 6.07) is 7.88. The van der Waals surface area contributed by atoms with Crippen molar-refractivity contribution in [2.75, 3.05) is 25.1 Å². The molecule has 25 heavy (non-hydrogen) atoms. The van der Waals surface area contributed by atoms with E-state index < -0.39 is 6.04 Å². The Kier molecular flexibility index (Phi) is 10.9. The van der Waals surface area contributed by atoms with Gasteiger partial charge >= 0.3 is 0 Å². The summed E-state index contributed by atoms with van der Waals surface area (Å²) in [6.45, 7) is 5.98. The van der Waals surface area contributed by atoms with E-state index in [9.17, 15) is 4.79 Å². The fourth-order valence-electron chi connectivity index (χ4n) is 3.08. The quantitative estimate of drug-likeness (QED) is 0.781. The lowest BCUT2D eigenvalue weighted by atomic mass is 10.0. The van der Waals surface area contributed by atoms with Crippen molar-refractivity contribution >= 4 is 36.4 Å². The normalized spacial score (nSPS) is 15.8. The summed E-state index contributed by atoms with van der Waals surface area (Å²) in [6.07, 6.45) is 2.59. The lowest BCUT2D eigenvalue weighted by Crippen LogP contribution is -2.50. The number of carbonyl (C=O) groups is 1. The second-order valence-electron chi connectivity index (χ2n) is 6.68. The largest absolute Gasteiger partial charge is 0.495 e. The molecule has 0 bridgehead atoms. The zero-order valence-electron chi connectivity index (χ0n) is 15.2. The summed E-state index contributed by atoms with van der Waals surface area (Å²) < 4.78 is 5.43. The molecule has 1 amide bonds. The van der Waals surface area contributed by atoms with Crippen molar-refractivity contribution in [3.05, 3.63) is 24.3 Å². The number of halogens is 2. The number of nitrogens with zero attached hydrogens (tertiary/aromatic N) is 1. The van der Waals surface area contributed by atoms with Crippen molar-refractivity contribution in [3.8, 4) is 5.75 Å². The first-order valence-electron chi connectivity index (χ1n) is 8.45. The zero-order valence-corrected chi connectivity index (χ0v) is 16.9. The van der Waals surface area contributed by atoms with Crippen molar-refractivity contribution in [3.63, 3.8) is 0 Å². The molecule has 0 spiro atoms. The average molecular weight is 392 g/mol. The molecule has 1 aliphatic heterocycles. The molecule has 0 aliphatic carbocycles. The monoisotopic (exact) mass is 391 g/mol. The Bertz CT molecular complexity index is 521. The van der Waals surface area contributed by atoms with E-state index in [4.69, 9.17) is 10.5 Å². The molecule has 1 saturated heterocycles. The van der Waals surface area contributed by atoms with Crippen LogP contribution in [0.15, 0.2) is 24.3 Å². The van der Waals surface area contributed by atoms with Gasteiger partial charge in [-0.05, 0) is 37.3 Å². The summed E-state index contributed by atoms with van der Waals surface area (Å²) in [5.41, 5.74) is 7.07. The molecule has 2 rings (SSSR count). The fourth-order valence-corrected chi connectivity index (χ4v) is 3.08. The van der Waals surface area contributed by atoms with E-state index >= 15 is 0 Å². The maximum absolute atomic E-state index is 12.1. The minimum atomic E-state index is -0.401. The second-order valence-corrected chi connectivity index (χ2v) is 6.68. The Balaban J connectivity index is 0.00000288. The van der Waals surface area contributed by atoms with E-state index in [-0.39, 0.29) is 36.8 Å². The molecule has 0 radical (unpaired) electrons. The van der Waals surface area contributed by atoms with Crippen LogP contribution in [0.4, 0.5) is 5.69 Å². The highest BCUT2D eigenvalue weighted by Crippen LogP contribution is 2.29. The second kappa shape index (κ2) is 11.4. The number of piperidine rings is 1. The lowest BCUT2D eigenvalue weighted by Gasteiger charge is -2.35. The molecule has 7 heteroatoms. The van der Waals surface area contributed by atoms with Crippen LogP contribution in [0.2, 0.25) is 0 Å². The third-order valence-corrected chi connectivity index (χ3v) is 4.33. The number of hydrogen-bond donors (Lipinski definition) is 2. The van der Waals surface area contributed by atoms with E-state index in [0.717, 1.165) is 43.8 Å². The van der Waals surface area contributed by atoms with Crippen LogP contribution in [-0.4, -0.2) is 38.2 Å². The molecule has 1 atom stereocenters. The van der Waals surface area contributed by atoms with Gasteiger partial charge in [-0.15, -0.1) is 24.8 Å². The van der Waals surface area contributed by atoms with E-state index in [1.165, 1.54) is 0 Å². The predicted molar refractivity (Wildman–Crippen MR) is 108 cm³/mol. The molecule has 1 aromatic carbocycles. The van der Waals surface area contributed by atoms with Gasteiger partial charge in [0.15, 0.2) is 0 Å². The number of methoxy groups -OCH3 is 1. The molecule has 1 heterocycles. The molecule has 144 valence electrons. The van der Waals surface area contributed by atoms with Gasteiger partial charge < -0.3 is 20.7 Å². The van der Waals surface area contributed by atoms with Gasteiger partial charge in [-0.1, -0.05) is 26.0 Å².